The maximum Gasteiger partial charge on any atom is 0.416 e. The summed E-state index contributed by atoms with van der Waals surface area (Å²) in [5, 5.41) is 24.0. The lowest BCUT2D eigenvalue weighted by molar-refractivity contribution is -0.137. The lowest BCUT2D eigenvalue weighted by Gasteiger charge is -2.16. The number of anilines is 1. The van der Waals surface area contributed by atoms with Crippen molar-refractivity contribution in [1.29, 1.82) is 5.26 Å². The Labute approximate surface area is 193 Å². The molecule has 1 amide bonds. The van der Waals surface area contributed by atoms with Gasteiger partial charge >= 0.3 is 6.18 Å². The largest absolute Gasteiger partial charge is 0.416 e. The van der Waals surface area contributed by atoms with Crippen molar-refractivity contribution in [2.45, 2.75) is 52.1 Å². The van der Waals surface area contributed by atoms with Crippen LogP contribution in [0.25, 0.3) is 11.4 Å². The monoisotopic (exact) mass is 473 g/mol. The number of carbonyl (C=O) groups is 1. The van der Waals surface area contributed by atoms with E-state index in [2.05, 4.69) is 26.8 Å². The van der Waals surface area contributed by atoms with Crippen molar-refractivity contribution in [3.8, 4) is 17.5 Å². The lowest BCUT2D eigenvalue weighted by Crippen LogP contribution is -2.24. The Morgan fingerprint density at radius 3 is 2.82 bits per heavy atom. The Kier molecular flexibility index (Phi) is 6.39. The first kappa shape index (κ1) is 23.4. The minimum Gasteiger partial charge on any atom is -0.376 e. The van der Waals surface area contributed by atoms with Crippen LogP contribution in [-0.2, 0) is 28.8 Å². The van der Waals surface area contributed by atoms with E-state index in [4.69, 9.17) is 4.74 Å². The highest BCUT2D eigenvalue weighted by Gasteiger charge is 2.31. The molecular formula is C22H22F3N7O2. The standard InChI is InChI=1S/C22H22F3N7O2/c1-13-14(2)31(11-17-7-4-8-34-17)21(18(13)10-26)27-19(33)12-32-29-20(28-30-32)15-5-3-6-16(9-15)22(23,24)25/h3,5-6,9,17H,4,7-8,11-12H2,1-2H3,(H,27,33). The number of rotatable bonds is 6. The van der Waals surface area contributed by atoms with Gasteiger partial charge in [0.2, 0.25) is 11.7 Å². The van der Waals surface area contributed by atoms with E-state index in [0.29, 0.717) is 24.5 Å². The van der Waals surface area contributed by atoms with Crippen LogP contribution in [0.1, 0.15) is 35.2 Å². The second-order valence-corrected chi connectivity index (χ2v) is 8.06. The van der Waals surface area contributed by atoms with E-state index in [1.54, 1.807) is 0 Å². The number of carbonyl (C=O) groups excluding carboxylic acids is 1. The summed E-state index contributed by atoms with van der Waals surface area (Å²) in [5.41, 5.74) is 1.28. The average molecular weight is 473 g/mol. The topological polar surface area (TPSA) is 111 Å². The summed E-state index contributed by atoms with van der Waals surface area (Å²) >= 11 is 0. The number of benzene rings is 1. The fraction of sp³-hybridized carbons (Fsp3) is 0.409. The zero-order chi connectivity index (χ0) is 24.5. The normalized spacial score (nSPS) is 15.9. The molecule has 0 spiro atoms. The van der Waals surface area contributed by atoms with Crippen LogP contribution in [0.2, 0.25) is 0 Å². The molecule has 1 saturated heterocycles. The molecule has 1 aliphatic heterocycles. The van der Waals surface area contributed by atoms with E-state index < -0.39 is 17.6 Å². The van der Waals surface area contributed by atoms with Gasteiger partial charge in [0, 0.05) is 17.9 Å². The smallest absolute Gasteiger partial charge is 0.376 e. The summed E-state index contributed by atoms with van der Waals surface area (Å²) in [7, 11) is 0. The molecule has 3 heterocycles. The van der Waals surface area contributed by atoms with E-state index in [0.717, 1.165) is 41.0 Å². The van der Waals surface area contributed by atoms with Gasteiger partial charge in [-0.25, -0.2) is 0 Å². The van der Waals surface area contributed by atoms with Gasteiger partial charge in [-0.05, 0) is 49.6 Å². The van der Waals surface area contributed by atoms with Crippen LogP contribution < -0.4 is 5.32 Å². The molecule has 0 bridgehead atoms. The molecule has 3 aromatic rings. The van der Waals surface area contributed by atoms with E-state index in [-0.39, 0.29) is 24.0 Å². The van der Waals surface area contributed by atoms with E-state index in [1.165, 1.54) is 12.1 Å². The van der Waals surface area contributed by atoms with Gasteiger partial charge < -0.3 is 14.6 Å². The fourth-order valence-corrected chi connectivity index (χ4v) is 3.91. The van der Waals surface area contributed by atoms with Crippen molar-refractivity contribution in [1.82, 2.24) is 24.8 Å². The minimum atomic E-state index is -4.50. The minimum absolute atomic E-state index is 0.000281. The molecule has 1 atom stereocenters. The van der Waals surface area contributed by atoms with Crippen LogP contribution >= 0.6 is 0 Å². The Hall–Kier alpha value is -3.72. The van der Waals surface area contributed by atoms with Crippen molar-refractivity contribution in [3.05, 3.63) is 46.6 Å². The SMILES string of the molecule is Cc1c(C#N)c(NC(=O)Cn2nnc(-c3cccc(C(F)(F)F)c3)n2)n(CC2CCCO2)c1C. The van der Waals surface area contributed by atoms with Crippen LogP contribution in [0.4, 0.5) is 19.0 Å². The third-order valence-electron chi connectivity index (χ3n) is 5.80. The first-order valence-corrected chi connectivity index (χ1v) is 10.6. The molecule has 178 valence electrons. The third kappa shape index (κ3) is 4.79. The quantitative estimate of drug-likeness (QED) is 0.587. The number of aromatic nitrogens is 5. The maximum absolute atomic E-state index is 13.0. The fourth-order valence-electron chi connectivity index (χ4n) is 3.91. The van der Waals surface area contributed by atoms with Gasteiger partial charge in [-0.3, -0.25) is 4.79 Å². The molecule has 0 saturated carbocycles. The van der Waals surface area contributed by atoms with Gasteiger partial charge in [0.1, 0.15) is 18.4 Å². The van der Waals surface area contributed by atoms with Crippen LogP contribution in [0, 0.1) is 25.2 Å². The molecule has 1 fully saturated rings. The highest BCUT2D eigenvalue weighted by atomic mass is 19.4. The summed E-state index contributed by atoms with van der Waals surface area (Å²) in [6, 6.07) is 6.69. The number of hydrogen-bond acceptors (Lipinski definition) is 6. The zero-order valence-electron chi connectivity index (χ0n) is 18.6. The number of nitrogens with zero attached hydrogens (tertiary/aromatic N) is 6. The van der Waals surface area contributed by atoms with Gasteiger partial charge in [-0.2, -0.15) is 23.2 Å². The number of hydrogen-bond donors (Lipinski definition) is 1. The predicted molar refractivity (Wildman–Crippen MR) is 114 cm³/mol. The highest BCUT2D eigenvalue weighted by Crippen LogP contribution is 2.31. The molecule has 1 N–H and O–H groups in total. The van der Waals surface area contributed by atoms with Gasteiger partial charge in [0.25, 0.3) is 0 Å². The van der Waals surface area contributed by atoms with Crippen LogP contribution in [0.15, 0.2) is 24.3 Å². The third-order valence-corrected chi connectivity index (χ3v) is 5.80. The molecule has 1 aromatic carbocycles. The van der Waals surface area contributed by atoms with E-state index >= 15 is 0 Å². The van der Waals surface area contributed by atoms with E-state index in [1.807, 2.05) is 18.4 Å². The number of nitriles is 1. The van der Waals surface area contributed by atoms with Crippen molar-refractivity contribution in [3.63, 3.8) is 0 Å². The molecule has 2 aromatic heterocycles. The first-order chi connectivity index (χ1) is 16.2. The summed E-state index contributed by atoms with van der Waals surface area (Å²) in [5.74, 6) is -0.170. The van der Waals surface area contributed by atoms with Crippen molar-refractivity contribution in [2.24, 2.45) is 0 Å². The Balaban J connectivity index is 1.51. The molecule has 1 unspecified atom stereocenters. The predicted octanol–water partition coefficient (Wildman–Crippen LogP) is 3.47. The number of nitrogens with one attached hydrogen (secondary N) is 1. The van der Waals surface area contributed by atoms with E-state index in [9.17, 15) is 23.2 Å². The van der Waals surface area contributed by atoms with Crippen LogP contribution in [0.3, 0.4) is 0 Å². The van der Waals surface area contributed by atoms with Gasteiger partial charge in [0.15, 0.2) is 0 Å². The van der Waals surface area contributed by atoms with Gasteiger partial charge in [-0.15, -0.1) is 10.2 Å². The number of halogens is 3. The number of ether oxygens (including phenoxy) is 1. The number of tetrazole rings is 1. The molecule has 0 aliphatic carbocycles. The summed E-state index contributed by atoms with van der Waals surface area (Å²) in [6.07, 6.45) is -2.64. The second kappa shape index (κ2) is 9.26. The Morgan fingerprint density at radius 2 is 2.15 bits per heavy atom. The molecule has 1 aliphatic rings. The molecule has 0 radical (unpaired) electrons. The van der Waals surface area contributed by atoms with Gasteiger partial charge in [-0.1, -0.05) is 12.1 Å². The van der Waals surface area contributed by atoms with Crippen molar-refractivity contribution >= 4 is 11.7 Å². The van der Waals surface area contributed by atoms with Crippen LogP contribution in [-0.4, -0.2) is 43.4 Å². The molecule has 12 heteroatoms. The molecule has 4 rings (SSSR count). The van der Waals surface area contributed by atoms with Crippen LogP contribution in [0.5, 0.6) is 0 Å². The molecule has 34 heavy (non-hydrogen) atoms. The Bertz CT molecular complexity index is 1250. The number of alkyl halides is 3. The first-order valence-electron chi connectivity index (χ1n) is 10.6. The molecular weight excluding hydrogens is 451 g/mol. The van der Waals surface area contributed by atoms with Crippen molar-refractivity contribution < 1.29 is 22.7 Å². The Morgan fingerprint density at radius 1 is 1.35 bits per heavy atom. The molecule has 9 nitrogen and oxygen atoms in total. The van der Waals surface area contributed by atoms with Crippen molar-refractivity contribution in [2.75, 3.05) is 11.9 Å². The zero-order valence-corrected chi connectivity index (χ0v) is 18.6. The summed E-state index contributed by atoms with van der Waals surface area (Å²) < 4.78 is 46.5. The summed E-state index contributed by atoms with van der Waals surface area (Å²) in [4.78, 5) is 13.7. The van der Waals surface area contributed by atoms with Gasteiger partial charge in [0.05, 0.1) is 23.8 Å². The summed E-state index contributed by atoms with van der Waals surface area (Å²) in [6.45, 7) is 4.55. The maximum atomic E-state index is 13.0. The lowest BCUT2D eigenvalue weighted by atomic mass is 10.1. The highest BCUT2D eigenvalue weighted by molar-refractivity contribution is 5.91. The number of amides is 1. The average Bonchev–Trinajstić information content (AvgIpc) is 3.52. The second-order valence-electron chi connectivity index (χ2n) is 8.06.